The van der Waals surface area contributed by atoms with Gasteiger partial charge >= 0.3 is 0 Å². The lowest BCUT2D eigenvalue weighted by molar-refractivity contribution is -0.117. The minimum Gasteiger partial charge on any atom is -0.496 e. The van der Waals surface area contributed by atoms with E-state index in [0.717, 1.165) is 22.6 Å². The van der Waals surface area contributed by atoms with Crippen molar-refractivity contribution in [1.82, 2.24) is 0 Å². The molecule has 1 aromatic carbocycles. The maximum atomic E-state index is 11.8. The normalized spacial score (nSPS) is 10.2. The van der Waals surface area contributed by atoms with Crippen LogP contribution in [0.3, 0.4) is 0 Å². The first-order valence-corrected chi connectivity index (χ1v) is 6.17. The fraction of sp³-hybridized carbons (Fsp3) is 0.462. The third kappa shape index (κ3) is 3.16. The molecule has 0 atom stereocenters. The Hall–Kier alpha value is -1.16. The van der Waals surface area contributed by atoms with Crippen LogP contribution in [0.2, 0.25) is 0 Å². The Labute approximate surface area is 108 Å². The number of ether oxygens (including phenoxy) is 1. The van der Waals surface area contributed by atoms with Gasteiger partial charge in [-0.3, -0.25) is 4.79 Å². The molecule has 0 bridgehead atoms. The Bertz CT molecular complexity index is 395. The first-order chi connectivity index (χ1) is 8.01. The molecule has 0 aliphatic heterocycles. The molecule has 0 spiro atoms. The van der Waals surface area contributed by atoms with Crippen molar-refractivity contribution in [1.29, 1.82) is 0 Å². The third-order valence-electron chi connectivity index (χ3n) is 2.74. The molecule has 0 aliphatic rings. The molecule has 0 aromatic heterocycles. The van der Waals surface area contributed by atoms with Crippen LogP contribution in [0.15, 0.2) is 12.1 Å². The molecule has 0 radical (unpaired) electrons. The Balaban J connectivity index is 3.04. The summed E-state index contributed by atoms with van der Waals surface area (Å²) in [5.41, 5.74) is 2.97. The van der Waals surface area contributed by atoms with Crippen LogP contribution in [-0.2, 0) is 4.79 Å². The topological polar surface area (TPSA) is 29.5 Å². The number of carbonyl (C=O) groups is 1. The second-order valence-electron chi connectivity index (χ2n) is 4.04. The highest BCUT2D eigenvalue weighted by atomic mass is 32.1. The van der Waals surface area contributed by atoms with E-state index in [2.05, 4.69) is 12.6 Å². The molecule has 0 N–H and O–H groups in total. The molecule has 94 valence electrons. The van der Waals surface area contributed by atoms with E-state index in [-0.39, 0.29) is 5.91 Å². The number of amides is 1. The van der Waals surface area contributed by atoms with Crippen molar-refractivity contribution in [3.63, 3.8) is 0 Å². The lowest BCUT2D eigenvalue weighted by Gasteiger charge is -2.19. The number of nitrogens with zero attached hydrogens (tertiary/aromatic N) is 1. The van der Waals surface area contributed by atoms with Gasteiger partial charge in [-0.25, -0.2) is 0 Å². The van der Waals surface area contributed by atoms with Gasteiger partial charge in [0.2, 0.25) is 5.91 Å². The predicted octanol–water partition coefficient (Wildman–Crippen LogP) is 2.59. The average Bonchev–Trinajstić information content (AvgIpc) is 2.27. The van der Waals surface area contributed by atoms with Gasteiger partial charge in [0.1, 0.15) is 5.75 Å². The molecule has 1 amide bonds. The van der Waals surface area contributed by atoms with E-state index in [1.165, 1.54) is 0 Å². The third-order valence-corrected chi connectivity index (χ3v) is 2.96. The van der Waals surface area contributed by atoms with Gasteiger partial charge in [0.25, 0.3) is 0 Å². The molecule has 0 saturated carbocycles. The lowest BCUT2D eigenvalue weighted by Crippen LogP contribution is -2.26. The highest BCUT2D eigenvalue weighted by Gasteiger charge is 2.13. The molecule has 3 nitrogen and oxygen atoms in total. The smallest absolute Gasteiger partial charge is 0.227 e. The molecule has 0 unspecified atom stereocenters. The molecule has 0 saturated heterocycles. The maximum absolute atomic E-state index is 11.8. The lowest BCUT2D eigenvalue weighted by atomic mass is 10.1. The summed E-state index contributed by atoms with van der Waals surface area (Å²) in [5.74, 6) is 1.52. The zero-order chi connectivity index (χ0) is 13.0. The van der Waals surface area contributed by atoms with Crippen LogP contribution in [0.5, 0.6) is 5.75 Å². The Morgan fingerprint density at radius 1 is 1.35 bits per heavy atom. The Kier molecular flexibility index (Phi) is 4.87. The quantitative estimate of drug-likeness (QED) is 0.836. The van der Waals surface area contributed by atoms with Crippen molar-refractivity contribution < 1.29 is 9.53 Å². The number of hydrogen-bond donors (Lipinski definition) is 1. The number of rotatable bonds is 4. The van der Waals surface area contributed by atoms with Gasteiger partial charge < -0.3 is 9.64 Å². The van der Waals surface area contributed by atoms with Gasteiger partial charge in [-0.2, -0.15) is 12.6 Å². The van der Waals surface area contributed by atoms with E-state index < -0.39 is 0 Å². The van der Waals surface area contributed by atoms with Gasteiger partial charge in [0, 0.05) is 19.2 Å². The largest absolute Gasteiger partial charge is 0.496 e. The van der Waals surface area contributed by atoms with E-state index >= 15 is 0 Å². The summed E-state index contributed by atoms with van der Waals surface area (Å²) < 4.78 is 5.30. The number of methoxy groups -OCH3 is 1. The van der Waals surface area contributed by atoms with Crippen molar-refractivity contribution in [2.24, 2.45) is 0 Å². The second kappa shape index (κ2) is 5.96. The van der Waals surface area contributed by atoms with Crippen LogP contribution in [0.1, 0.15) is 17.5 Å². The Morgan fingerprint density at radius 2 is 1.88 bits per heavy atom. The molecule has 17 heavy (non-hydrogen) atoms. The maximum Gasteiger partial charge on any atom is 0.227 e. The van der Waals surface area contributed by atoms with Crippen LogP contribution < -0.4 is 9.64 Å². The van der Waals surface area contributed by atoms with E-state index in [1.807, 2.05) is 26.0 Å². The monoisotopic (exact) mass is 253 g/mol. The van der Waals surface area contributed by atoms with Crippen LogP contribution in [-0.4, -0.2) is 25.8 Å². The van der Waals surface area contributed by atoms with Gasteiger partial charge in [-0.05, 0) is 42.9 Å². The molecule has 0 aliphatic carbocycles. The number of hydrogen-bond acceptors (Lipinski definition) is 3. The standard InChI is InChI=1S/C13H19NO2S/c1-9-7-11(8-10(2)13(9)16-4)14(3)12(15)5-6-17/h7-8,17H,5-6H2,1-4H3. The van der Waals surface area contributed by atoms with Crippen LogP contribution in [0.4, 0.5) is 5.69 Å². The van der Waals surface area contributed by atoms with Gasteiger partial charge in [-0.15, -0.1) is 0 Å². The number of benzene rings is 1. The molecule has 1 rings (SSSR count). The summed E-state index contributed by atoms with van der Waals surface area (Å²) in [4.78, 5) is 13.4. The fourth-order valence-corrected chi connectivity index (χ4v) is 2.04. The summed E-state index contributed by atoms with van der Waals surface area (Å²) >= 11 is 4.07. The zero-order valence-electron chi connectivity index (χ0n) is 10.8. The van der Waals surface area contributed by atoms with Crippen LogP contribution >= 0.6 is 12.6 Å². The van der Waals surface area contributed by atoms with Crippen molar-refractivity contribution in [3.05, 3.63) is 23.3 Å². The van der Waals surface area contributed by atoms with Crippen molar-refractivity contribution in [2.75, 3.05) is 24.8 Å². The minimum absolute atomic E-state index is 0.0731. The summed E-state index contributed by atoms with van der Waals surface area (Å²) in [6, 6.07) is 3.92. The van der Waals surface area contributed by atoms with Gasteiger partial charge in [0.05, 0.1) is 7.11 Å². The molecular formula is C13H19NO2S. The average molecular weight is 253 g/mol. The van der Waals surface area contributed by atoms with E-state index in [9.17, 15) is 4.79 Å². The highest BCUT2D eigenvalue weighted by Crippen LogP contribution is 2.28. The summed E-state index contributed by atoms with van der Waals surface area (Å²) in [6.07, 6.45) is 0.448. The number of aryl methyl sites for hydroxylation is 2. The molecule has 0 fully saturated rings. The summed E-state index contributed by atoms with van der Waals surface area (Å²) in [7, 11) is 3.44. The number of thiol groups is 1. The minimum atomic E-state index is 0.0731. The molecule has 4 heteroatoms. The summed E-state index contributed by atoms with van der Waals surface area (Å²) in [6.45, 7) is 3.96. The summed E-state index contributed by atoms with van der Waals surface area (Å²) in [5, 5.41) is 0. The molecular weight excluding hydrogens is 234 g/mol. The first kappa shape index (κ1) is 13.9. The van der Waals surface area contributed by atoms with Crippen LogP contribution in [0, 0.1) is 13.8 Å². The predicted molar refractivity (Wildman–Crippen MR) is 74.3 cm³/mol. The zero-order valence-corrected chi connectivity index (χ0v) is 11.7. The Morgan fingerprint density at radius 3 is 2.29 bits per heavy atom. The first-order valence-electron chi connectivity index (χ1n) is 5.54. The van der Waals surface area contributed by atoms with E-state index in [4.69, 9.17) is 4.74 Å². The van der Waals surface area contributed by atoms with Crippen molar-refractivity contribution in [2.45, 2.75) is 20.3 Å². The van der Waals surface area contributed by atoms with E-state index in [1.54, 1.807) is 19.1 Å². The van der Waals surface area contributed by atoms with Crippen molar-refractivity contribution in [3.8, 4) is 5.75 Å². The second-order valence-corrected chi connectivity index (χ2v) is 4.49. The highest BCUT2D eigenvalue weighted by molar-refractivity contribution is 7.80. The van der Waals surface area contributed by atoms with Gasteiger partial charge in [0.15, 0.2) is 0 Å². The SMILES string of the molecule is COc1c(C)cc(N(C)C(=O)CCS)cc1C. The van der Waals surface area contributed by atoms with Crippen LogP contribution in [0.25, 0.3) is 0 Å². The fourth-order valence-electron chi connectivity index (χ4n) is 1.85. The molecule has 0 heterocycles. The molecule has 1 aromatic rings. The van der Waals surface area contributed by atoms with Gasteiger partial charge in [-0.1, -0.05) is 0 Å². The number of anilines is 1. The van der Waals surface area contributed by atoms with E-state index in [0.29, 0.717) is 12.2 Å². The number of carbonyl (C=O) groups excluding carboxylic acids is 1. The van der Waals surface area contributed by atoms with Crippen molar-refractivity contribution >= 4 is 24.2 Å².